The molecule has 0 radical (unpaired) electrons. The number of hydrogen-bond acceptors (Lipinski definition) is 4. The summed E-state index contributed by atoms with van der Waals surface area (Å²) in [7, 11) is 0. The van der Waals surface area contributed by atoms with Crippen molar-refractivity contribution in [3.63, 3.8) is 0 Å². The Morgan fingerprint density at radius 2 is 1.73 bits per heavy atom. The molecule has 0 spiro atoms. The normalized spacial score (nSPS) is 11.0. The summed E-state index contributed by atoms with van der Waals surface area (Å²) in [6, 6.07) is 5.16. The van der Waals surface area contributed by atoms with Crippen molar-refractivity contribution in [3.8, 4) is 22.8 Å². The summed E-state index contributed by atoms with van der Waals surface area (Å²) < 4.78 is 20.0. The zero-order chi connectivity index (χ0) is 19.2. The Hall–Kier alpha value is -3.02. The molecule has 26 heavy (non-hydrogen) atoms. The number of aromatic carboxylic acids is 1. The fraction of sp³-hybridized carbons (Fsp3) is 0.250. The van der Waals surface area contributed by atoms with Crippen LogP contribution >= 0.6 is 0 Å². The number of nitrogens with zero attached hydrogens (tertiary/aromatic N) is 2. The molecule has 1 N–H and O–H groups in total. The fourth-order valence-corrected chi connectivity index (χ4v) is 3.06. The number of aromatic nitrogens is 2. The van der Waals surface area contributed by atoms with Gasteiger partial charge in [0.25, 0.3) is 5.89 Å². The van der Waals surface area contributed by atoms with Crippen LogP contribution < -0.4 is 0 Å². The van der Waals surface area contributed by atoms with Crippen LogP contribution in [0, 0.1) is 40.4 Å². The molecule has 0 fully saturated rings. The van der Waals surface area contributed by atoms with Crippen LogP contribution in [0.1, 0.15) is 38.2 Å². The van der Waals surface area contributed by atoms with Crippen molar-refractivity contribution in [1.29, 1.82) is 0 Å². The van der Waals surface area contributed by atoms with Crippen molar-refractivity contribution >= 4 is 5.97 Å². The molecule has 5 nitrogen and oxygen atoms in total. The van der Waals surface area contributed by atoms with E-state index in [2.05, 4.69) is 10.1 Å². The second kappa shape index (κ2) is 6.37. The first-order chi connectivity index (χ1) is 12.2. The lowest BCUT2D eigenvalue weighted by Crippen LogP contribution is -2.02. The maximum Gasteiger partial charge on any atom is 0.335 e. The smallest absolute Gasteiger partial charge is 0.335 e. The van der Waals surface area contributed by atoms with Crippen LogP contribution in [0.5, 0.6) is 0 Å². The minimum atomic E-state index is -1.02. The van der Waals surface area contributed by atoms with Gasteiger partial charge in [0.05, 0.1) is 11.1 Å². The van der Waals surface area contributed by atoms with Gasteiger partial charge in [0.1, 0.15) is 5.82 Å². The SMILES string of the molecule is Cc1cc(C(=O)O)c(C)c(-c2noc(-c3c(C)c(C)cc(C)c3F)n2)c1. The van der Waals surface area contributed by atoms with Crippen LogP contribution in [0.4, 0.5) is 4.39 Å². The van der Waals surface area contributed by atoms with Gasteiger partial charge in [-0.1, -0.05) is 11.2 Å². The minimum absolute atomic E-state index is 0.0829. The number of carbonyl (C=O) groups is 1. The Balaban J connectivity index is 2.18. The lowest BCUT2D eigenvalue weighted by atomic mass is 9.98. The summed E-state index contributed by atoms with van der Waals surface area (Å²) in [4.78, 5) is 15.8. The molecule has 2 aromatic carbocycles. The van der Waals surface area contributed by atoms with Gasteiger partial charge in [-0.3, -0.25) is 0 Å². The molecule has 3 aromatic rings. The average Bonchev–Trinajstić information content (AvgIpc) is 3.04. The number of rotatable bonds is 3. The summed E-state index contributed by atoms with van der Waals surface area (Å²) in [5, 5.41) is 13.3. The van der Waals surface area contributed by atoms with E-state index in [4.69, 9.17) is 4.52 Å². The van der Waals surface area contributed by atoms with Crippen LogP contribution in [0.2, 0.25) is 0 Å². The number of benzene rings is 2. The molecule has 0 aliphatic heterocycles. The van der Waals surface area contributed by atoms with E-state index in [1.165, 1.54) is 0 Å². The van der Waals surface area contributed by atoms with Gasteiger partial charge in [-0.15, -0.1) is 0 Å². The Labute approximate surface area is 150 Å². The third-order valence-corrected chi connectivity index (χ3v) is 4.63. The first-order valence-electron chi connectivity index (χ1n) is 8.16. The highest BCUT2D eigenvalue weighted by Crippen LogP contribution is 2.32. The minimum Gasteiger partial charge on any atom is -0.478 e. The van der Waals surface area contributed by atoms with Crippen molar-refractivity contribution in [1.82, 2.24) is 10.1 Å². The summed E-state index contributed by atoms with van der Waals surface area (Å²) >= 11 is 0. The molecule has 0 aliphatic rings. The number of aryl methyl sites for hydroxylation is 3. The Kier molecular flexibility index (Phi) is 4.36. The van der Waals surface area contributed by atoms with E-state index < -0.39 is 11.8 Å². The highest BCUT2D eigenvalue weighted by atomic mass is 19.1. The third kappa shape index (κ3) is 2.87. The highest BCUT2D eigenvalue weighted by molar-refractivity contribution is 5.92. The Morgan fingerprint density at radius 1 is 1.04 bits per heavy atom. The Morgan fingerprint density at radius 3 is 2.38 bits per heavy atom. The van der Waals surface area contributed by atoms with Gasteiger partial charge in [-0.2, -0.15) is 4.98 Å². The zero-order valence-corrected chi connectivity index (χ0v) is 15.3. The van der Waals surface area contributed by atoms with Gasteiger partial charge >= 0.3 is 5.97 Å². The summed E-state index contributed by atoms with van der Waals surface area (Å²) in [6.45, 7) is 8.87. The predicted molar refractivity (Wildman–Crippen MR) is 95.8 cm³/mol. The van der Waals surface area contributed by atoms with Crippen molar-refractivity contribution in [2.45, 2.75) is 34.6 Å². The zero-order valence-electron chi connectivity index (χ0n) is 15.3. The molecule has 6 heteroatoms. The number of carboxylic acid groups (broad SMARTS) is 1. The molecular formula is C20H19FN2O3. The van der Waals surface area contributed by atoms with E-state index in [1.54, 1.807) is 45.9 Å². The molecular weight excluding hydrogens is 335 g/mol. The van der Waals surface area contributed by atoms with Crippen LogP contribution in [-0.4, -0.2) is 21.2 Å². The highest BCUT2D eigenvalue weighted by Gasteiger charge is 2.22. The summed E-state index contributed by atoms with van der Waals surface area (Å²) in [6.07, 6.45) is 0. The Bertz CT molecular complexity index is 1010. The van der Waals surface area contributed by atoms with Crippen LogP contribution in [-0.2, 0) is 0 Å². The van der Waals surface area contributed by atoms with Crippen molar-refractivity contribution in [2.24, 2.45) is 0 Å². The quantitative estimate of drug-likeness (QED) is 0.732. The second-order valence-corrected chi connectivity index (χ2v) is 6.54. The third-order valence-electron chi connectivity index (χ3n) is 4.63. The van der Waals surface area contributed by atoms with Gasteiger partial charge in [0.2, 0.25) is 5.82 Å². The number of halogens is 1. The van der Waals surface area contributed by atoms with E-state index in [-0.39, 0.29) is 22.8 Å². The maximum atomic E-state index is 14.6. The molecule has 134 valence electrons. The average molecular weight is 354 g/mol. The monoisotopic (exact) mass is 354 g/mol. The van der Waals surface area contributed by atoms with Gasteiger partial charge in [-0.05, 0) is 74.6 Å². The van der Waals surface area contributed by atoms with E-state index in [0.717, 1.165) is 16.7 Å². The first kappa shape index (κ1) is 17.8. The van der Waals surface area contributed by atoms with Crippen LogP contribution in [0.25, 0.3) is 22.8 Å². The summed E-state index contributed by atoms with van der Waals surface area (Å²) in [5.41, 5.74) is 4.48. The lowest BCUT2D eigenvalue weighted by molar-refractivity contribution is 0.0696. The largest absolute Gasteiger partial charge is 0.478 e. The molecule has 0 saturated carbocycles. The lowest BCUT2D eigenvalue weighted by Gasteiger charge is -2.09. The molecule has 1 heterocycles. The molecule has 1 aromatic heterocycles. The molecule has 3 rings (SSSR count). The molecule has 0 amide bonds. The maximum absolute atomic E-state index is 14.6. The van der Waals surface area contributed by atoms with Crippen LogP contribution in [0.3, 0.4) is 0 Å². The van der Waals surface area contributed by atoms with Gasteiger partial charge in [-0.25, -0.2) is 9.18 Å². The number of carboxylic acids is 1. The summed E-state index contributed by atoms with van der Waals surface area (Å²) in [5.74, 6) is -1.09. The first-order valence-corrected chi connectivity index (χ1v) is 8.16. The van der Waals surface area contributed by atoms with E-state index in [1.807, 2.05) is 6.92 Å². The molecule has 0 aliphatic carbocycles. The van der Waals surface area contributed by atoms with Crippen molar-refractivity contribution in [3.05, 3.63) is 57.4 Å². The molecule has 0 atom stereocenters. The fourth-order valence-electron chi connectivity index (χ4n) is 3.06. The van der Waals surface area contributed by atoms with Gasteiger partial charge < -0.3 is 9.63 Å². The van der Waals surface area contributed by atoms with Crippen LogP contribution in [0.15, 0.2) is 22.7 Å². The molecule has 0 unspecified atom stereocenters. The van der Waals surface area contributed by atoms with Crippen molar-refractivity contribution < 1.29 is 18.8 Å². The van der Waals surface area contributed by atoms with Gasteiger partial charge in [0.15, 0.2) is 0 Å². The molecule has 0 saturated heterocycles. The second-order valence-electron chi connectivity index (χ2n) is 6.54. The van der Waals surface area contributed by atoms with Crippen molar-refractivity contribution in [2.75, 3.05) is 0 Å². The standard InChI is InChI=1S/C20H19FN2O3/c1-9-6-14(13(5)15(7-9)20(24)25)18-22-19(26-23-18)16-12(4)10(2)8-11(3)17(16)21/h6-8H,1-5H3,(H,24,25). The topological polar surface area (TPSA) is 76.2 Å². The van der Waals surface area contributed by atoms with Gasteiger partial charge in [0, 0.05) is 5.56 Å². The number of hydrogen-bond donors (Lipinski definition) is 1. The predicted octanol–water partition coefficient (Wildman–Crippen LogP) is 4.78. The van der Waals surface area contributed by atoms with E-state index >= 15 is 0 Å². The van der Waals surface area contributed by atoms with E-state index in [0.29, 0.717) is 16.7 Å². The van der Waals surface area contributed by atoms with E-state index in [9.17, 15) is 14.3 Å². The molecule has 0 bridgehead atoms.